The van der Waals surface area contributed by atoms with Gasteiger partial charge >= 0.3 is 0 Å². The second kappa shape index (κ2) is 11.0. The molecule has 5 heterocycles. The average molecular weight is 715 g/mol. The number of benzene rings is 6. The summed E-state index contributed by atoms with van der Waals surface area (Å²) in [6.07, 6.45) is 3.81. The number of pyridine rings is 2. The van der Waals surface area contributed by atoms with Crippen LogP contribution in [0.5, 0.6) is 11.5 Å². The lowest BCUT2D eigenvalue weighted by atomic mass is 9.65. The summed E-state index contributed by atoms with van der Waals surface area (Å²) >= 11 is 0. The summed E-state index contributed by atoms with van der Waals surface area (Å²) in [6, 6.07) is 54.2. The van der Waals surface area contributed by atoms with E-state index in [1.807, 2.05) is 79.1 Å². The van der Waals surface area contributed by atoms with Gasteiger partial charge < -0.3 is 13.9 Å². The van der Waals surface area contributed by atoms with Crippen molar-refractivity contribution in [3.05, 3.63) is 191 Å². The van der Waals surface area contributed by atoms with Crippen molar-refractivity contribution in [3.8, 4) is 46.4 Å². The molecule has 2 aliphatic rings. The van der Waals surface area contributed by atoms with Crippen LogP contribution in [0.15, 0.2) is 158 Å². The minimum atomic E-state index is -0.899. The number of fused-ring (bicyclic) bond motifs is 15. The molecule has 0 saturated carbocycles. The van der Waals surface area contributed by atoms with Crippen molar-refractivity contribution in [3.63, 3.8) is 0 Å². The van der Waals surface area contributed by atoms with E-state index < -0.39 is 5.41 Å². The third-order valence-corrected chi connectivity index (χ3v) is 11.7. The molecule has 258 valence electrons. The van der Waals surface area contributed by atoms with E-state index in [0.29, 0.717) is 11.1 Å². The van der Waals surface area contributed by atoms with Crippen molar-refractivity contribution in [2.75, 3.05) is 0 Å². The fraction of sp³-hybridized carbons (Fsp3) is 0.0204. The third-order valence-electron chi connectivity index (χ3n) is 11.7. The lowest BCUT2D eigenvalue weighted by Gasteiger charge is -2.40. The van der Waals surface area contributed by atoms with Gasteiger partial charge in [0, 0.05) is 44.4 Å². The minimum absolute atomic E-state index is 0.552. The monoisotopic (exact) mass is 714 g/mol. The van der Waals surface area contributed by atoms with Crippen LogP contribution in [-0.2, 0) is 5.41 Å². The number of para-hydroxylation sites is 3. The van der Waals surface area contributed by atoms with Crippen molar-refractivity contribution < 1.29 is 4.74 Å². The first-order valence-corrected chi connectivity index (χ1v) is 18.4. The highest BCUT2D eigenvalue weighted by Gasteiger charge is 2.54. The van der Waals surface area contributed by atoms with Crippen LogP contribution in [0.4, 0.5) is 0 Å². The fourth-order valence-electron chi connectivity index (χ4n) is 9.56. The Hall–Kier alpha value is -8.00. The molecule has 4 aromatic heterocycles. The smallest absolute Gasteiger partial charge is 0.134 e. The lowest BCUT2D eigenvalue weighted by Crippen LogP contribution is -2.33. The normalized spacial score (nSPS) is 15.0. The zero-order chi connectivity index (χ0) is 37.1. The molecule has 0 saturated heterocycles. The Morgan fingerprint density at radius 2 is 1.11 bits per heavy atom. The molecule has 1 unspecified atom stereocenters. The van der Waals surface area contributed by atoms with Gasteiger partial charge in [-0.3, -0.25) is 9.97 Å². The van der Waals surface area contributed by atoms with E-state index in [9.17, 15) is 10.5 Å². The topological polar surface area (TPSA) is 92.4 Å². The maximum atomic E-state index is 9.94. The van der Waals surface area contributed by atoms with Crippen LogP contribution in [-0.4, -0.2) is 19.1 Å². The Balaban J connectivity index is 1.24. The number of hydrogen-bond donors (Lipinski definition) is 0. The van der Waals surface area contributed by atoms with E-state index in [1.54, 1.807) is 0 Å². The highest BCUT2D eigenvalue weighted by molar-refractivity contribution is 6.11. The molecule has 1 atom stereocenters. The Labute approximate surface area is 320 Å². The molecule has 12 rings (SSSR count). The van der Waals surface area contributed by atoms with E-state index in [0.717, 1.165) is 89.4 Å². The van der Waals surface area contributed by atoms with Gasteiger partial charge in [-0.2, -0.15) is 10.5 Å². The first-order chi connectivity index (χ1) is 27.7. The first-order valence-electron chi connectivity index (χ1n) is 18.4. The van der Waals surface area contributed by atoms with Crippen LogP contribution in [0.3, 0.4) is 0 Å². The van der Waals surface area contributed by atoms with E-state index in [2.05, 4.69) is 100 Å². The zero-order valence-corrected chi connectivity index (χ0v) is 29.6. The van der Waals surface area contributed by atoms with Crippen LogP contribution in [0.2, 0.25) is 0 Å². The fourth-order valence-corrected chi connectivity index (χ4v) is 9.56. The molecule has 0 radical (unpaired) electrons. The van der Waals surface area contributed by atoms with Crippen LogP contribution >= 0.6 is 0 Å². The average Bonchev–Trinajstić information content (AvgIpc) is 3.87. The van der Waals surface area contributed by atoms with Crippen LogP contribution < -0.4 is 4.74 Å². The van der Waals surface area contributed by atoms with Gasteiger partial charge in [0.15, 0.2) is 0 Å². The number of rotatable bonds is 2. The number of nitrogens with zero attached hydrogens (tertiary/aromatic N) is 6. The molecule has 0 amide bonds. The number of hydrogen-bond acceptors (Lipinski definition) is 5. The maximum Gasteiger partial charge on any atom is 0.134 e. The molecule has 7 heteroatoms. The molecule has 1 aliphatic heterocycles. The first kappa shape index (κ1) is 30.5. The third kappa shape index (κ3) is 3.78. The van der Waals surface area contributed by atoms with Gasteiger partial charge in [-0.05, 0) is 84.4 Å². The number of ether oxygens (including phenoxy) is 1. The van der Waals surface area contributed by atoms with Crippen molar-refractivity contribution in [2.45, 2.75) is 5.41 Å². The Kier molecular flexibility index (Phi) is 5.99. The molecule has 1 aliphatic carbocycles. The molecule has 0 fully saturated rings. The molecule has 0 bridgehead atoms. The van der Waals surface area contributed by atoms with Gasteiger partial charge in [0.2, 0.25) is 0 Å². The quantitative estimate of drug-likeness (QED) is 0.178. The lowest BCUT2D eigenvalue weighted by molar-refractivity contribution is 0.435. The Morgan fingerprint density at radius 3 is 1.82 bits per heavy atom. The Bertz CT molecular complexity index is 3330. The second-order valence-corrected chi connectivity index (χ2v) is 14.4. The van der Waals surface area contributed by atoms with E-state index in [-0.39, 0.29) is 0 Å². The highest BCUT2D eigenvalue weighted by atomic mass is 16.5. The van der Waals surface area contributed by atoms with Crippen LogP contribution in [0, 0.1) is 22.7 Å². The molecule has 1 spiro atoms. The number of nitriles is 2. The molecule has 56 heavy (non-hydrogen) atoms. The zero-order valence-electron chi connectivity index (χ0n) is 29.6. The van der Waals surface area contributed by atoms with Crippen LogP contribution in [0.1, 0.15) is 33.4 Å². The van der Waals surface area contributed by atoms with Gasteiger partial charge in [0.25, 0.3) is 0 Å². The summed E-state index contributed by atoms with van der Waals surface area (Å²) in [5.74, 6) is 1.49. The molecular formula is C49H26N6O. The largest absolute Gasteiger partial charge is 0.457 e. The van der Waals surface area contributed by atoms with Crippen molar-refractivity contribution in [1.29, 1.82) is 10.5 Å². The van der Waals surface area contributed by atoms with Crippen LogP contribution in [0.25, 0.3) is 66.4 Å². The SMILES string of the molecule is N#Cc1ccc2c(c1)c1cc(C#N)ccc1n2-c1cccc2c1C1(c3ccccc3O2)c2cccnc2-c2ncc(-n3c4ccccc4c4ccccc43)cc21. The minimum Gasteiger partial charge on any atom is -0.457 e. The summed E-state index contributed by atoms with van der Waals surface area (Å²) in [5, 5.41) is 24.0. The predicted molar refractivity (Wildman–Crippen MR) is 218 cm³/mol. The summed E-state index contributed by atoms with van der Waals surface area (Å²) in [4.78, 5) is 10.3. The van der Waals surface area contributed by atoms with Gasteiger partial charge in [0.1, 0.15) is 11.5 Å². The maximum absolute atomic E-state index is 9.94. The van der Waals surface area contributed by atoms with Gasteiger partial charge in [-0.1, -0.05) is 66.7 Å². The highest BCUT2D eigenvalue weighted by Crippen LogP contribution is 2.63. The molecule has 0 N–H and O–H groups in total. The Morgan fingerprint density at radius 1 is 0.500 bits per heavy atom. The van der Waals surface area contributed by atoms with Gasteiger partial charge in [-0.15, -0.1) is 0 Å². The van der Waals surface area contributed by atoms with Crippen molar-refractivity contribution >= 4 is 43.6 Å². The van der Waals surface area contributed by atoms with Crippen molar-refractivity contribution in [1.82, 2.24) is 19.1 Å². The molecule has 6 aromatic carbocycles. The number of aromatic nitrogens is 4. The molecular weight excluding hydrogens is 689 g/mol. The van der Waals surface area contributed by atoms with Crippen molar-refractivity contribution in [2.24, 2.45) is 0 Å². The standard InChI is InChI=1S/C49H26N6O/c50-26-29-18-20-41-34(23-29)35-24-30(27-51)19-21-42(35)55(41)43-15-7-17-45-46(43)49(36-11-3-6-16-44(36)56-45)37-12-8-22-52-47(37)48-38(49)25-31(28-53-48)54-39-13-4-1-9-32(39)33-10-2-5-14-40(33)54/h1-25,28H. The van der Waals surface area contributed by atoms with Gasteiger partial charge in [-0.25, -0.2) is 0 Å². The van der Waals surface area contributed by atoms with E-state index in [4.69, 9.17) is 14.7 Å². The summed E-state index contributed by atoms with van der Waals surface area (Å²) in [5.41, 5.74) is 11.7. The van der Waals surface area contributed by atoms with E-state index in [1.165, 1.54) is 10.8 Å². The molecule has 10 aromatic rings. The van der Waals surface area contributed by atoms with E-state index >= 15 is 0 Å². The molecule has 7 nitrogen and oxygen atoms in total. The van der Waals surface area contributed by atoms with Gasteiger partial charge in [0.05, 0.1) is 79.7 Å². The summed E-state index contributed by atoms with van der Waals surface area (Å²) in [6.45, 7) is 0. The predicted octanol–water partition coefficient (Wildman–Crippen LogP) is 10.9. The summed E-state index contributed by atoms with van der Waals surface area (Å²) < 4.78 is 11.5. The second-order valence-electron chi connectivity index (χ2n) is 14.4. The summed E-state index contributed by atoms with van der Waals surface area (Å²) in [7, 11) is 0.